The molecule has 33 heavy (non-hydrogen) atoms. The summed E-state index contributed by atoms with van der Waals surface area (Å²) in [7, 11) is 0. The number of carbonyl (C=O) groups is 1. The van der Waals surface area contributed by atoms with Gasteiger partial charge in [-0.3, -0.25) is 9.36 Å². The van der Waals surface area contributed by atoms with Crippen molar-refractivity contribution in [2.24, 2.45) is 5.92 Å². The van der Waals surface area contributed by atoms with E-state index in [9.17, 15) is 4.79 Å². The third-order valence-electron chi connectivity index (χ3n) is 6.18. The zero-order chi connectivity index (χ0) is 23.2. The van der Waals surface area contributed by atoms with Gasteiger partial charge < -0.3 is 5.32 Å². The number of rotatable bonds is 8. The highest BCUT2D eigenvalue weighted by Crippen LogP contribution is 2.32. The second-order valence-electron chi connectivity index (χ2n) is 8.96. The number of para-hydroxylation sites is 1. The van der Waals surface area contributed by atoms with Crippen LogP contribution in [-0.2, 0) is 4.79 Å². The molecule has 1 heterocycles. The maximum atomic E-state index is 12.6. The lowest BCUT2D eigenvalue weighted by molar-refractivity contribution is -0.118. The number of nitrogens with one attached hydrogen (secondary N) is 1. The fourth-order valence-corrected chi connectivity index (χ4v) is 5.28. The van der Waals surface area contributed by atoms with Gasteiger partial charge in [0.25, 0.3) is 0 Å². The van der Waals surface area contributed by atoms with Crippen molar-refractivity contribution in [1.82, 2.24) is 20.1 Å². The van der Waals surface area contributed by atoms with Crippen LogP contribution in [0.2, 0.25) is 5.02 Å². The molecule has 1 saturated carbocycles. The van der Waals surface area contributed by atoms with Gasteiger partial charge in [-0.25, -0.2) is 0 Å². The minimum Gasteiger partial charge on any atom is -0.355 e. The van der Waals surface area contributed by atoms with Crippen LogP contribution >= 0.6 is 23.4 Å². The van der Waals surface area contributed by atoms with Gasteiger partial charge in [0.15, 0.2) is 11.0 Å². The average Bonchev–Trinajstić information content (AvgIpc) is 3.26. The molecule has 1 fully saturated rings. The van der Waals surface area contributed by atoms with E-state index in [1.165, 1.54) is 49.4 Å². The summed E-state index contributed by atoms with van der Waals surface area (Å²) in [5, 5.41) is 13.5. The minimum atomic E-state index is 0.0466. The largest absolute Gasteiger partial charge is 0.355 e. The first-order valence-corrected chi connectivity index (χ1v) is 13.1. The summed E-state index contributed by atoms with van der Waals surface area (Å²) in [6.07, 6.45) is 6.32. The lowest BCUT2D eigenvalue weighted by atomic mass is 9.89. The van der Waals surface area contributed by atoms with Crippen LogP contribution < -0.4 is 5.32 Å². The molecule has 5 nitrogen and oxygen atoms in total. The molecule has 1 aliphatic rings. The van der Waals surface area contributed by atoms with E-state index in [0.29, 0.717) is 27.8 Å². The van der Waals surface area contributed by atoms with Gasteiger partial charge in [0.2, 0.25) is 5.91 Å². The Morgan fingerprint density at radius 2 is 1.82 bits per heavy atom. The maximum Gasteiger partial charge on any atom is 0.230 e. The first-order valence-electron chi connectivity index (χ1n) is 11.7. The van der Waals surface area contributed by atoms with Crippen molar-refractivity contribution in [2.45, 2.75) is 57.0 Å². The molecule has 1 aliphatic carbocycles. The van der Waals surface area contributed by atoms with Crippen molar-refractivity contribution < 1.29 is 4.79 Å². The van der Waals surface area contributed by atoms with Crippen molar-refractivity contribution in [2.75, 3.05) is 12.3 Å². The fourth-order valence-electron chi connectivity index (χ4n) is 4.38. The topological polar surface area (TPSA) is 59.8 Å². The van der Waals surface area contributed by atoms with Crippen molar-refractivity contribution in [1.29, 1.82) is 0 Å². The van der Waals surface area contributed by atoms with E-state index >= 15 is 0 Å². The molecule has 0 unspecified atom stereocenters. The molecule has 0 spiro atoms. The number of hydrogen-bond acceptors (Lipinski definition) is 4. The second kappa shape index (κ2) is 11.2. The Labute approximate surface area is 205 Å². The molecule has 0 saturated heterocycles. The van der Waals surface area contributed by atoms with Gasteiger partial charge in [0.05, 0.1) is 11.4 Å². The monoisotopic (exact) mass is 482 g/mol. The molecule has 2 aromatic carbocycles. The van der Waals surface area contributed by atoms with Crippen molar-refractivity contribution in [3.05, 3.63) is 59.1 Å². The minimum absolute atomic E-state index is 0.0466. The van der Waals surface area contributed by atoms with Crippen molar-refractivity contribution >= 4 is 29.3 Å². The third-order valence-corrected chi connectivity index (χ3v) is 7.36. The van der Waals surface area contributed by atoms with E-state index in [4.69, 9.17) is 11.6 Å². The predicted molar refractivity (Wildman–Crippen MR) is 136 cm³/mol. The van der Waals surface area contributed by atoms with Crippen LogP contribution in [0.25, 0.3) is 17.1 Å². The standard InChI is InChI=1S/C26H31ClN4OS/c1-18(2)22-10-6-7-11-23(22)31-25(20-12-14-21(27)15-13-20)29-30-26(31)33-17-24(32)28-16-19-8-4-3-5-9-19/h6-7,10-15,18-19H,3-5,8-9,16-17H2,1-2H3,(H,28,32). The highest BCUT2D eigenvalue weighted by molar-refractivity contribution is 7.99. The van der Waals surface area contributed by atoms with Crippen LogP contribution in [0.4, 0.5) is 0 Å². The van der Waals surface area contributed by atoms with Crippen LogP contribution in [0.5, 0.6) is 0 Å². The number of carbonyl (C=O) groups excluding carboxylic acids is 1. The summed E-state index contributed by atoms with van der Waals surface area (Å²) in [5.74, 6) is 2.05. The number of hydrogen-bond donors (Lipinski definition) is 1. The van der Waals surface area contributed by atoms with Crippen molar-refractivity contribution in [3.63, 3.8) is 0 Å². The summed E-state index contributed by atoms with van der Waals surface area (Å²) in [4.78, 5) is 12.6. The number of amides is 1. The summed E-state index contributed by atoms with van der Waals surface area (Å²) in [6, 6.07) is 15.9. The van der Waals surface area contributed by atoms with Gasteiger partial charge in [0.1, 0.15) is 0 Å². The molecule has 1 N–H and O–H groups in total. The highest BCUT2D eigenvalue weighted by atomic mass is 35.5. The van der Waals surface area contributed by atoms with Crippen LogP contribution in [-0.4, -0.2) is 33.0 Å². The van der Waals surface area contributed by atoms with E-state index in [1.807, 2.05) is 30.3 Å². The molecule has 3 aromatic rings. The number of halogens is 1. The zero-order valence-electron chi connectivity index (χ0n) is 19.3. The van der Waals surface area contributed by atoms with Gasteiger partial charge in [-0.2, -0.15) is 0 Å². The van der Waals surface area contributed by atoms with Gasteiger partial charge in [-0.15, -0.1) is 10.2 Å². The second-order valence-corrected chi connectivity index (χ2v) is 10.3. The van der Waals surface area contributed by atoms with E-state index in [1.54, 1.807) is 0 Å². The Morgan fingerprint density at radius 3 is 2.55 bits per heavy atom. The predicted octanol–water partition coefficient (Wildman–Crippen LogP) is 6.50. The number of thioether (sulfide) groups is 1. The first-order chi connectivity index (χ1) is 16.0. The molecule has 0 radical (unpaired) electrons. The summed E-state index contributed by atoms with van der Waals surface area (Å²) >= 11 is 7.53. The lowest BCUT2D eigenvalue weighted by Crippen LogP contribution is -2.31. The van der Waals surface area contributed by atoms with Crippen LogP contribution in [0.15, 0.2) is 53.7 Å². The van der Waals surface area contributed by atoms with Crippen molar-refractivity contribution in [3.8, 4) is 17.1 Å². The van der Waals surface area contributed by atoms with E-state index in [2.05, 4.69) is 52.1 Å². The number of nitrogens with zero attached hydrogens (tertiary/aromatic N) is 3. The van der Waals surface area contributed by atoms with Gasteiger partial charge >= 0.3 is 0 Å². The molecule has 4 rings (SSSR count). The Morgan fingerprint density at radius 1 is 1.09 bits per heavy atom. The number of aromatic nitrogens is 3. The quantitative estimate of drug-likeness (QED) is 0.372. The molecular weight excluding hydrogens is 452 g/mol. The third kappa shape index (κ3) is 5.98. The highest BCUT2D eigenvalue weighted by Gasteiger charge is 2.21. The van der Waals surface area contributed by atoms with Crippen LogP contribution in [0.3, 0.4) is 0 Å². The molecule has 174 valence electrons. The lowest BCUT2D eigenvalue weighted by Gasteiger charge is -2.21. The summed E-state index contributed by atoms with van der Waals surface area (Å²) in [5.41, 5.74) is 3.17. The SMILES string of the molecule is CC(C)c1ccccc1-n1c(SCC(=O)NCC2CCCCC2)nnc1-c1ccc(Cl)cc1. The smallest absolute Gasteiger partial charge is 0.230 e. The average molecular weight is 483 g/mol. The van der Waals surface area contributed by atoms with Gasteiger partial charge in [0, 0.05) is 17.1 Å². The van der Waals surface area contributed by atoms with E-state index < -0.39 is 0 Å². The van der Waals surface area contributed by atoms with Crippen LogP contribution in [0.1, 0.15) is 57.4 Å². The normalized spacial score (nSPS) is 14.5. The van der Waals surface area contributed by atoms with Gasteiger partial charge in [-0.1, -0.05) is 74.7 Å². The Kier molecular flexibility index (Phi) is 8.10. The molecule has 7 heteroatoms. The molecule has 0 bridgehead atoms. The van der Waals surface area contributed by atoms with E-state index in [-0.39, 0.29) is 5.91 Å². The van der Waals surface area contributed by atoms with E-state index in [0.717, 1.165) is 23.6 Å². The Balaban J connectivity index is 1.58. The zero-order valence-corrected chi connectivity index (χ0v) is 20.8. The summed E-state index contributed by atoms with van der Waals surface area (Å²) < 4.78 is 2.07. The Bertz CT molecular complexity index is 1070. The number of benzene rings is 2. The Hall–Kier alpha value is -2.31. The summed E-state index contributed by atoms with van der Waals surface area (Å²) in [6.45, 7) is 5.13. The first kappa shape index (κ1) is 23.8. The van der Waals surface area contributed by atoms with Gasteiger partial charge in [-0.05, 0) is 60.6 Å². The molecule has 1 aromatic heterocycles. The fraction of sp³-hybridized carbons (Fsp3) is 0.423. The molecule has 0 atom stereocenters. The van der Waals surface area contributed by atoms with Crippen LogP contribution in [0, 0.1) is 5.92 Å². The molecule has 1 amide bonds. The maximum absolute atomic E-state index is 12.6. The molecule has 0 aliphatic heterocycles. The molecular formula is C26H31ClN4OS.